The number of pyridine rings is 1. The molecular weight excluding hydrogens is 262 g/mol. The Kier molecular flexibility index (Phi) is 4.21. The molecule has 5 nitrogen and oxygen atoms in total. The van der Waals surface area contributed by atoms with Crippen molar-refractivity contribution >= 4 is 10.9 Å². The number of para-hydroxylation sites is 1. The van der Waals surface area contributed by atoms with Crippen molar-refractivity contribution in [3.05, 3.63) is 53.7 Å². The van der Waals surface area contributed by atoms with Crippen molar-refractivity contribution in [2.45, 2.75) is 26.3 Å². The highest BCUT2D eigenvalue weighted by Crippen LogP contribution is 2.17. The number of nitrogens with zero attached hydrogens (tertiary/aromatic N) is 3. The molecule has 0 unspecified atom stereocenters. The number of hydrogen-bond donors (Lipinski definition) is 2. The number of aromatic amines is 1. The highest BCUT2D eigenvalue weighted by Gasteiger charge is 2.03. The maximum atomic E-state index is 4.57. The number of fused-ring (bicyclic) bond motifs is 1. The van der Waals surface area contributed by atoms with Crippen LogP contribution in [0.4, 0.5) is 0 Å². The lowest BCUT2D eigenvalue weighted by molar-refractivity contribution is 0.641. The van der Waals surface area contributed by atoms with E-state index in [9.17, 15) is 0 Å². The zero-order valence-electron chi connectivity index (χ0n) is 12.1. The molecular formula is C16H19N5. The summed E-state index contributed by atoms with van der Waals surface area (Å²) in [7, 11) is 0. The molecule has 0 aliphatic carbocycles. The first-order valence-corrected chi connectivity index (χ1v) is 7.23. The van der Waals surface area contributed by atoms with Gasteiger partial charge in [-0.1, -0.05) is 18.2 Å². The Morgan fingerprint density at radius 1 is 1.24 bits per heavy atom. The average molecular weight is 281 g/mol. The summed E-state index contributed by atoms with van der Waals surface area (Å²) in [6.07, 6.45) is 3.51. The third-order valence-corrected chi connectivity index (χ3v) is 3.48. The minimum absolute atomic E-state index is 0.861. The summed E-state index contributed by atoms with van der Waals surface area (Å²) in [5, 5.41) is 11.5. The Bertz CT molecular complexity index is 706. The van der Waals surface area contributed by atoms with E-state index in [4.69, 9.17) is 0 Å². The molecule has 0 spiro atoms. The van der Waals surface area contributed by atoms with Crippen molar-refractivity contribution in [3.63, 3.8) is 0 Å². The Balaban J connectivity index is 1.57. The summed E-state index contributed by atoms with van der Waals surface area (Å²) < 4.78 is 0. The molecule has 0 atom stereocenters. The van der Waals surface area contributed by atoms with Crippen molar-refractivity contribution in [2.24, 2.45) is 0 Å². The van der Waals surface area contributed by atoms with Gasteiger partial charge in [0.05, 0.1) is 5.52 Å². The number of aryl methyl sites for hydroxylation is 2. The number of hydrogen-bond acceptors (Lipinski definition) is 4. The number of nitrogens with one attached hydrogen (secondary N) is 2. The summed E-state index contributed by atoms with van der Waals surface area (Å²) in [4.78, 5) is 8.69. The van der Waals surface area contributed by atoms with Gasteiger partial charge < -0.3 is 5.32 Å². The first kappa shape index (κ1) is 13.7. The van der Waals surface area contributed by atoms with Crippen LogP contribution in [0.3, 0.4) is 0 Å². The molecule has 0 saturated heterocycles. The van der Waals surface area contributed by atoms with Gasteiger partial charge in [-0.2, -0.15) is 5.10 Å². The van der Waals surface area contributed by atoms with E-state index in [1.807, 2.05) is 13.0 Å². The Morgan fingerprint density at radius 2 is 2.14 bits per heavy atom. The summed E-state index contributed by atoms with van der Waals surface area (Å²) in [5.74, 6) is 0.946. The van der Waals surface area contributed by atoms with Crippen molar-refractivity contribution in [1.82, 2.24) is 25.5 Å². The van der Waals surface area contributed by atoms with Gasteiger partial charge in [0.1, 0.15) is 12.2 Å². The van der Waals surface area contributed by atoms with Crippen molar-refractivity contribution in [2.75, 3.05) is 6.54 Å². The second kappa shape index (κ2) is 6.45. The van der Waals surface area contributed by atoms with Crippen LogP contribution in [0.15, 0.2) is 36.7 Å². The molecule has 2 N–H and O–H groups in total. The van der Waals surface area contributed by atoms with Gasteiger partial charge in [-0.3, -0.25) is 10.1 Å². The molecule has 0 aliphatic heterocycles. The molecule has 2 heterocycles. The van der Waals surface area contributed by atoms with Crippen molar-refractivity contribution in [1.29, 1.82) is 0 Å². The van der Waals surface area contributed by atoms with Gasteiger partial charge in [-0.25, -0.2) is 4.98 Å². The van der Waals surface area contributed by atoms with E-state index in [-0.39, 0.29) is 0 Å². The summed E-state index contributed by atoms with van der Waals surface area (Å²) in [6.45, 7) is 3.86. The molecule has 1 aromatic carbocycles. The van der Waals surface area contributed by atoms with Gasteiger partial charge in [0.25, 0.3) is 0 Å². The molecule has 0 saturated carbocycles. The normalized spacial score (nSPS) is 11.1. The van der Waals surface area contributed by atoms with E-state index in [1.165, 1.54) is 10.9 Å². The molecule has 21 heavy (non-hydrogen) atoms. The van der Waals surface area contributed by atoms with Crippen LogP contribution in [0, 0.1) is 6.92 Å². The van der Waals surface area contributed by atoms with Gasteiger partial charge in [0.2, 0.25) is 0 Å². The molecule has 3 rings (SSSR count). The monoisotopic (exact) mass is 281 g/mol. The first-order chi connectivity index (χ1) is 10.3. The second-order valence-electron chi connectivity index (χ2n) is 5.15. The van der Waals surface area contributed by atoms with Crippen molar-refractivity contribution in [3.8, 4) is 0 Å². The number of benzene rings is 1. The highest BCUT2D eigenvalue weighted by molar-refractivity contribution is 5.82. The smallest absolute Gasteiger partial charge is 0.137 e. The van der Waals surface area contributed by atoms with Crippen LogP contribution in [0.5, 0.6) is 0 Å². The highest BCUT2D eigenvalue weighted by atomic mass is 15.2. The lowest BCUT2D eigenvalue weighted by atomic mass is 10.1. The Hall–Kier alpha value is -2.27. The standard InChI is InChI=1S/C16H19N5/c1-12-9-13(14-5-2-3-6-15(14)20-12)10-17-8-4-7-16-18-11-19-21-16/h2-3,5-6,9,11,17H,4,7-8,10H2,1H3,(H,18,19,21). The van der Waals surface area contributed by atoms with E-state index < -0.39 is 0 Å². The van der Waals surface area contributed by atoms with Gasteiger partial charge in [0.15, 0.2) is 0 Å². The number of rotatable bonds is 6. The lowest BCUT2D eigenvalue weighted by Crippen LogP contribution is -2.16. The molecule has 0 radical (unpaired) electrons. The van der Waals surface area contributed by atoms with E-state index in [0.717, 1.165) is 43.0 Å². The van der Waals surface area contributed by atoms with Crippen LogP contribution in [0.2, 0.25) is 0 Å². The molecule has 0 fully saturated rings. The topological polar surface area (TPSA) is 66.5 Å². The predicted molar refractivity (Wildman–Crippen MR) is 82.9 cm³/mol. The van der Waals surface area contributed by atoms with E-state index in [2.05, 4.69) is 49.7 Å². The Morgan fingerprint density at radius 3 is 3.00 bits per heavy atom. The summed E-state index contributed by atoms with van der Waals surface area (Å²) >= 11 is 0. The maximum Gasteiger partial charge on any atom is 0.137 e. The fourth-order valence-corrected chi connectivity index (χ4v) is 2.50. The molecule has 0 aliphatic rings. The van der Waals surface area contributed by atoms with Crippen LogP contribution in [-0.2, 0) is 13.0 Å². The van der Waals surface area contributed by atoms with Crippen molar-refractivity contribution < 1.29 is 0 Å². The van der Waals surface area contributed by atoms with Crippen LogP contribution < -0.4 is 5.32 Å². The van der Waals surface area contributed by atoms with Gasteiger partial charge in [-0.15, -0.1) is 0 Å². The zero-order valence-corrected chi connectivity index (χ0v) is 12.1. The minimum Gasteiger partial charge on any atom is -0.313 e. The third kappa shape index (κ3) is 3.44. The zero-order chi connectivity index (χ0) is 14.5. The van der Waals surface area contributed by atoms with E-state index in [0.29, 0.717) is 0 Å². The number of aromatic nitrogens is 4. The summed E-state index contributed by atoms with van der Waals surface area (Å²) in [5.41, 5.74) is 3.43. The molecule has 3 aromatic rings. The molecule has 2 aromatic heterocycles. The molecule has 108 valence electrons. The van der Waals surface area contributed by atoms with Gasteiger partial charge in [-0.05, 0) is 37.6 Å². The molecule has 0 amide bonds. The Labute approximate surface area is 123 Å². The first-order valence-electron chi connectivity index (χ1n) is 7.23. The third-order valence-electron chi connectivity index (χ3n) is 3.48. The average Bonchev–Trinajstić information content (AvgIpc) is 3.00. The predicted octanol–water partition coefficient (Wildman–Crippen LogP) is 2.38. The van der Waals surface area contributed by atoms with Crippen LogP contribution >= 0.6 is 0 Å². The maximum absolute atomic E-state index is 4.57. The number of H-pyrrole nitrogens is 1. The molecule has 5 heteroatoms. The van der Waals surface area contributed by atoms with Crippen LogP contribution in [-0.4, -0.2) is 26.7 Å². The fraction of sp³-hybridized carbons (Fsp3) is 0.312. The van der Waals surface area contributed by atoms with E-state index in [1.54, 1.807) is 6.33 Å². The molecule has 0 bridgehead atoms. The van der Waals surface area contributed by atoms with Crippen LogP contribution in [0.25, 0.3) is 10.9 Å². The van der Waals surface area contributed by atoms with Crippen LogP contribution in [0.1, 0.15) is 23.5 Å². The SMILES string of the molecule is Cc1cc(CNCCCc2ncn[nH]2)c2ccccc2n1. The van der Waals surface area contributed by atoms with E-state index >= 15 is 0 Å². The fourth-order valence-electron chi connectivity index (χ4n) is 2.50. The van der Waals surface area contributed by atoms with Gasteiger partial charge in [0, 0.05) is 24.0 Å². The van der Waals surface area contributed by atoms with Gasteiger partial charge >= 0.3 is 0 Å². The second-order valence-corrected chi connectivity index (χ2v) is 5.15. The summed E-state index contributed by atoms with van der Waals surface area (Å²) in [6, 6.07) is 10.4. The quantitative estimate of drug-likeness (QED) is 0.681. The minimum atomic E-state index is 0.861. The lowest BCUT2D eigenvalue weighted by Gasteiger charge is -2.09. The largest absolute Gasteiger partial charge is 0.313 e.